The van der Waals surface area contributed by atoms with Crippen LogP contribution in [0.15, 0.2) is 12.1 Å². The van der Waals surface area contributed by atoms with E-state index in [0.717, 1.165) is 0 Å². The molecule has 0 aromatic carbocycles. The van der Waals surface area contributed by atoms with Crippen molar-refractivity contribution in [1.82, 2.24) is 4.98 Å². The summed E-state index contributed by atoms with van der Waals surface area (Å²) in [4.78, 5) is 16.1. The van der Waals surface area contributed by atoms with Gasteiger partial charge < -0.3 is 15.4 Å². The molecule has 0 amide bonds. The largest absolute Gasteiger partial charge is 0.394 e. The average Bonchev–Trinajstić information content (AvgIpc) is 2.36. The molecule has 8 nitrogen and oxygen atoms in total. The Balaban J connectivity index is 3.23. The minimum Gasteiger partial charge on any atom is -0.394 e. The molecule has 0 aliphatic heterocycles. The van der Waals surface area contributed by atoms with Crippen LogP contribution in [0.5, 0.6) is 0 Å². The quantitative estimate of drug-likeness (QED) is 0.398. The van der Waals surface area contributed by atoms with E-state index in [1.165, 1.54) is 12.1 Å². The van der Waals surface area contributed by atoms with Crippen molar-refractivity contribution in [3.8, 4) is 0 Å². The number of aromatic nitrogens is 1. The maximum absolute atomic E-state index is 10.8. The first-order valence-corrected chi connectivity index (χ1v) is 5.29. The highest BCUT2D eigenvalue weighted by molar-refractivity contribution is 5.56. The van der Waals surface area contributed by atoms with Gasteiger partial charge in [-0.25, -0.2) is 10.8 Å². The smallest absolute Gasteiger partial charge is 0.276 e. The second kappa shape index (κ2) is 5.15. The minimum atomic E-state index is -0.589. The van der Waals surface area contributed by atoms with Crippen molar-refractivity contribution >= 4 is 17.3 Å². The molecule has 0 bridgehead atoms. The lowest BCUT2D eigenvalue weighted by atomic mass is 10.1. The van der Waals surface area contributed by atoms with Gasteiger partial charge in [-0.3, -0.25) is 10.1 Å². The normalized spacial score (nSPS) is 11.2. The number of nitrogens with one attached hydrogen (secondary N) is 1. The molecule has 0 saturated heterocycles. The van der Waals surface area contributed by atoms with E-state index in [4.69, 9.17) is 5.84 Å². The number of nitrogen functional groups attached to an aromatic ring is 1. The number of rotatable bonds is 5. The van der Waals surface area contributed by atoms with Crippen LogP contribution < -0.4 is 16.2 Å². The molecule has 0 aliphatic rings. The summed E-state index contributed by atoms with van der Waals surface area (Å²) < 4.78 is 0. The highest BCUT2D eigenvalue weighted by Crippen LogP contribution is 2.26. The zero-order valence-electron chi connectivity index (χ0n) is 10.5. The van der Waals surface area contributed by atoms with Crippen LogP contribution in [0.1, 0.15) is 13.8 Å². The maximum Gasteiger partial charge on any atom is 0.276 e. The van der Waals surface area contributed by atoms with Crippen molar-refractivity contribution in [1.29, 1.82) is 0 Å². The summed E-state index contributed by atoms with van der Waals surface area (Å²) in [7, 11) is 1.70. The molecule has 8 heteroatoms. The number of likely N-dealkylation sites (N-methyl/N-ethyl adjacent to an activating group) is 1. The zero-order valence-corrected chi connectivity index (χ0v) is 10.5. The molecular weight excluding hydrogens is 238 g/mol. The Bertz CT molecular complexity index is 449. The Hall–Kier alpha value is -1.93. The number of nitro groups is 1. The highest BCUT2D eigenvalue weighted by Gasteiger charge is 2.25. The third kappa shape index (κ3) is 2.84. The molecule has 18 heavy (non-hydrogen) atoms. The van der Waals surface area contributed by atoms with Crippen molar-refractivity contribution in [2.45, 2.75) is 19.4 Å². The molecule has 0 atom stereocenters. The number of aliphatic hydroxyl groups excluding tert-OH is 1. The maximum atomic E-state index is 10.8. The van der Waals surface area contributed by atoms with E-state index < -0.39 is 10.5 Å². The van der Waals surface area contributed by atoms with Gasteiger partial charge >= 0.3 is 0 Å². The first-order chi connectivity index (χ1) is 8.31. The molecule has 0 fully saturated rings. The van der Waals surface area contributed by atoms with Gasteiger partial charge in [-0.2, -0.15) is 0 Å². The SMILES string of the molecule is CN(c1cc([N+](=O)[O-])cc(NN)n1)C(C)(C)CO. The highest BCUT2D eigenvalue weighted by atomic mass is 16.6. The summed E-state index contributed by atoms with van der Waals surface area (Å²) in [5.74, 6) is 5.78. The van der Waals surface area contributed by atoms with E-state index in [-0.39, 0.29) is 18.1 Å². The Labute approximate surface area is 105 Å². The van der Waals surface area contributed by atoms with E-state index in [0.29, 0.717) is 5.82 Å². The lowest BCUT2D eigenvalue weighted by Crippen LogP contribution is -2.44. The van der Waals surface area contributed by atoms with Crippen LogP contribution in [0.3, 0.4) is 0 Å². The van der Waals surface area contributed by atoms with E-state index in [1.54, 1.807) is 25.8 Å². The van der Waals surface area contributed by atoms with E-state index in [1.807, 2.05) is 0 Å². The fourth-order valence-electron chi connectivity index (χ4n) is 1.27. The van der Waals surface area contributed by atoms with Crippen LogP contribution in [0.4, 0.5) is 17.3 Å². The number of pyridine rings is 1. The zero-order chi connectivity index (χ0) is 13.9. The van der Waals surface area contributed by atoms with Gasteiger partial charge in [-0.15, -0.1) is 0 Å². The monoisotopic (exact) mass is 255 g/mol. The lowest BCUT2D eigenvalue weighted by Gasteiger charge is -2.34. The van der Waals surface area contributed by atoms with E-state index >= 15 is 0 Å². The second-order valence-electron chi connectivity index (χ2n) is 4.50. The van der Waals surface area contributed by atoms with Crippen LogP contribution in [0.2, 0.25) is 0 Å². The second-order valence-corrected chi connectivity index (χ2v) is 4.50. The van der Waals surface area contributed by atoms with Gasteiger partial charge in [0.2, 0.25) is 0 Å². The van der Waals surface area contributed by atoms with Gasteiger partial charge in [-0.1, -0.05) is 0 Å². The van der Waals surface area contributed by atoms with Gasteiger partial charge in [-0.05, 0) is 13.8 Å². The molecule has 4 N–H and O–H groups in total. The molecule has 1 heterocycles. The third-order valence-corrected chi connectivity index (χ3v) is 2.79. The summed E-state index contributed by atoms with van der Waals surface area (Å²) in [6.45, 7) is 3.48. The molecule has 100 valence electrons. The summed E-state index contributed by atoms with van der Waals surface area (Å²) in [6.07, 6.45) is 0. The van der Waals surface area contributed by atoms with Gasteiger partial charge in [0.05, 0.1) is 29.2 Å². The number of hydrogen-bond acceptors (Lipinski definition) is 7. The van der Waals surface area contributed by atoms with Crippen molar-refractivity contribution in [3.63, 3.8) is 0 Å². The number of anilines is 2. The fourth-order valence-corrected chi connectivity index (χ4v) is 1.27. The molecule has 0 aliphatic carbocycles. The predicted molar refractivity (Wildman–Crippen MR) is 68.3 cm³/mol. The first kappa shape index (κ1) is 14.1. The summed E-state index contributed by atoms with van der Waals surface area (Å²) in [5.41, 5.74) is 1.58. The first-order valence-electron chi connectivity index (χ1n) is 5.29. The van der Waals surface area contributed by atoms with Gasteiger partial charge in [0, 0.05) is 7.05 Å². The van der Waals surface area contributed by atoms with Crippen LogP contribution in [0, 0.1) is 10.1 Å². The lowest BCUT2D eigenvalue weighted by molar-refractivity contribution is -0.384. The molecule has 1 aromatic rings. The molecule has 0 spiro atoms. The van der Waals surface area contributed by atoms with Crippen molar-refractivity contribution < 1.29 is 10.0 Å². The van der Waals surface area contributed by atoms with Crippen LogP contribution in [0.25, 0.3) is 0 Å². The Morgan fingerprint density at radius 1 is 1.61 bits per heavy atom. The van der Waals surface area contributed by atoms with Gasteiger partial charge in [0.25, 0.3) is 5.69 Å². The summed E-state index contributed by atoms with van der Waals surface area (Å²) in [6, 6.07) is 2.57. The number of hydrazine groups is 1. The topological polar surface area (TPSA) is 118 Å². The number of aliphatic hydroxyl groups is 1. The van der Waals surface area contributed by atoms with Gasteiger partial charge in [0.15, 0.2) is 0 Å². The predicted octanol–water partition coefficient (Wildman–Crippen LogP) is 0.482. The molecule has 0 saturated carbocycles. The summed E-state index contributed by atoms with van der Waals surface area (Å²) in [5, 5.41) is 20.1. The van der Waals surface area contributed by atoms with Gasteiger partial charge in [0.1, 0.15) is 11.6 Å². The average molecular weight is 255 g/mol. The number of nitrogens with two attached hydrogens (primary N) is 1. The number of nitrogens with zero attached hydrogens (tertiary/aromatic N) is 3. The van der Waals surface area contributed by atoms with Crippen molar-refractivity contribution in [2.75, 3.05) is 24.0 Å². The standard InChI is InChI=1S/C10H17N5O3/c1-10(2,6-16)14(3)9-5-7(15(17)18)4-8(12-9)13-11/h4-5,16H,6,11H2,1-3H3,(H,12,13). The van der Waals surface area contributed by atoms with Crippen molar-refractivity contribution in [3.05, 3.63) is 22.2 Å². The van der Waals surface area contributed by atoms with Crippen molar-refractivity contribution in [2.24, 2.45) is 5.84 Å². The number of hydrogen-bond donors (Lipinski definition) is 3. The summed E-state index contributed by atoms with van der Waals surface area (Å²) >= 11 is 0. The van der Waals surface area contributed by atoms with E-state index in [2.05, 4.69) is 10.4 Å². The molecule has 1 rings (SSSR count). The third-order valence-electron chi connectivity index (χ3n) is 2.79. The van der Waals surface area contributed by atoms with Crippen LogP contribution in [-0.2, 0) is 0 Å². The Morgan fingerprint density at radius 3 is 2.67 bits per heavy atom. The van der Waals surface area contributed by atoms with E-state index in [9.17, 15) is 15.2 Å². The van der Waals surface area contributed by atoms with Crippen LogP contribution in [-0.4, -0.2) is 34.2 Å². The fraction of sp³-hybridized carbons (Fsp3) is 0.500. The molecule has 0 unspecified atom stereocenters. The Kier molecular flexibility index (Phi) is 4.04. The molecule has 1 aromatic heterocycles. The minimum absolute atomic E-state index is 0.112. The molecular formula is C10H17N5O3. The van der Waals surface area contributed by atoms with Crippen LogP contribution >= 0.6 is 0 Å². The Morgan fingerprint density at radius 2 is 2.22 bits per heavy atom. The molecule has 0 radical (unpaired) electrons.